The minimum absolute atomic E-state index is 0.119. The predicted octanol–water partition coefficient (Wildman–Crippen LogP) is 4.47. The summed E-state index contributed by atoms with van der Waals surface area (Å²) in [5.74, 6) is 0.358. The number of nitrogens with one attached hydrogen (secondary N) is 1. The van der Waals surface area contributed by atoms with Crippen LogP contribution in [0.5, 0.6) is 0 Å². The molecule has 3 heteroatoms. The summed E-state index contributed by atoms with van der Waals surface area (Å²) in [5, 5.41) is 3.27. The summed E-state index contributed by atoms with van der Waals surface area (Å²) in [6.07, 6.45) is 2.81. The molecule has 0 aliphatic carbocycles. The van der Waals surface area contributed by atoms with Crippen molar-refractivity contribution in [3.8, 4) is 0 Å². The van der Waals surface area contributed by atoms with Gasteiger partial charge in [-0.2, -0.15) is 0 Å². The van der Waals surface area contributed by atoms with Crippen molar-refractivity contribution in [1.29, 1.82) is 0 Å². The lowest BCUT2D eigenvalue weighted by molar-refractivity contribution is -0.127. The second kappa shape index (κ2) is 9.00. The summed E-state index contributed by atoms with van der Waals surface area (Å²) in [7, 11) is 0. The molecule has 2 aromatic rings. The average molecular weight is 351 g/mol. The van der Waals surface area contributed by atoms with Gasteiger partial charge in [0, 0.05) is 12.5 Å². The van der Waals surface area contributed by atoms with E-state index in [0.717, 1.165) is 38.9 Å². The van der Waals surface area contributed by atoms with Crippen LogP contribution in [-0.2, 0) is 11.3 Å². The zero-order valence-corrected chi connectivity index (χ0v) is 15.9. The predicted molar refractivity (Wildman–Crippen MR) is 107 cm³/mol. The first-order valence-electron chi connectivity index (χ1n) is 9.79. The summed E-state index contributed by atoms with van der Waals surface area (Å²) in [6.45, 7) is 7.28. The van der Waals surface area contributed by atoms with Crippen molar-refractivity contribution in [2.24, 2.45) is 5.92 Å². The van der Waals surface area contributed by atoms with E-state index >= 15 is 0 Å². The van der Waals surface area contributed by atoms with E-state index in [-0.39, 0.29) is 17.9 Å². The van der Waals surface area contributed by atoms with Gasteiger partial charge in [0.2, 0.25) is 5.91 Å². The van der Waals surface area contributed by atoms with Crippen molar-refractivity contribution in [3.05, 3.63) is 71.3 Å². The summed E-state index contributed by atoms with van der Waals surface area (Å²) in [6, 6.07) is 19.0. The van der Waals surface area contributed by atoms with Crippen LogP contribution in [0.15, 0.2) is 54.6 Å². The Morgan fingerprint density at radius 2 is 1.73 bits per heavy atom. The second-order valence-electron chi connectivity index (χ2n) is 7.36. The number of benzene rings is 2. The van der Waals surface area contributed by atoms with Gasteiger partial charge in [-0.15, -0.1) is 0 Å². The molecule has 3 rings (SSSR count). The molecule has 0 bridgehead atoms. The molecular formula is C23H30N2O. The van der Waals surface area contributed by atoms with E-state index in [1.807, 2.05) is 18.2 Å². The van der Waals surface area contributed by atoms with Crippen LogP contribution in [0.1, 0.15) is 48.9 Å². The molecule has 1 N–H and O–H groups in total. The highest BCUT2D eigenvalue weighted by Crippen LogP contribution is 2.23. The molecule has 1 saturated heterocycles. The summed E-state index contributed by atoms with van der Waals surface area (Å²) >= 11 is 0. The van der Waals surface area contributed by atoms with Gasteiger partial charge in [0.05, 0.1) is 6.04 Å². The van der Waals surface area contributed by atoms with E-state index in [9.17, 15) is 4.79 Å². The molecule has 1 fully saturated rings. The third-order valence-electron chi connectivity index (χ3n) is 5.54. The Hall–Kier alpha value is -2.13. The largest absolute Gasteiger partial charge is 0.349 e. The number of nitrogens with zero attached hydrogens (tertiary/aromatic N) is 1. The van der Waals surface area contributed by atoms with Crippen LogP contribution in [0.2, 0.25) is 0 Å². The van der Waals surface area contributed by atoms with Crippen molar-refractivity contribution in [2.75, 3.05) is 13.1 Å². The van der Waals surface area contributed by atoms with E-state index in [1.165, 1.54) is 16.7 Å². The Balaban J connectivity index is 1.51. The molecule has 2 aromatic carbocycles. The summed E-state index contributed by atoms with van der Waals surface area (Å²) in [5.41, 5.74) is 3.94. The van der Waals surface area contributed by atoms with Crippen molar-refractivity contribution < 1.29 is 4.79 Å². The number of piperidine rings is 1. The molecule has 1 aliphatic heterocycles. The summed E-state index contributed by atoms with van der Waals surface area (Å²) < 4.78 is 0. The Morgan fingerprint density at radius 1 is 1.08 bits per heavy atom. The Kier molecular flexibility index (Phi) is 6.45. The molecule has 26 heavy (non-hydrogen) atoms. The van der Waals surface area contributed by atoms with Gasteiger partial charge in [-0.05, 0) is 56.0 Å². The first-order valence-corrected chi connectivity index (χ1v) is 9.79. The zero-order valence-electron chi connectivity index (χ0n) is 15.9. The molecule has 0 spiro atoms. The Labute approximate surface area is 157 Å². The molecule has 1 unspecified atom stereocenters. The van der Waals surface area contributed by atoms with Crippen LogP contribution in [0, 0.1) is 12.8 Å². The van der Waals surface area contributed by atoms with Crippen LogP contribution in [-0.4, -0.2) is 23.9 Å². The average Bonchev–Trinajstić information content (AvgIpc) is 2.69. The number of hydrogen-bond donors (Lipinski definition) is 1. The lowest BCUT2D eigenvalue weighted by Gasteiger charge is -2.32. The molecule has 1 amide bonds. The first kappa shape index (κ1) is 18.7. The second-order valence-corrected chi connectivity index (χ2v) is 7.36. The zero-order chi connectivity index (χ0) is 18.4. The molecule has 1 aliphatic rings. The van der Waals surface area contributed by atoms with Gasteiger partial charge in [0.1, 0.15) is 0 Å². The maximum absolute atomic E-state index is 12.7. The van der Waals surface area contributed by atoms with Crippen LogP contribution in [0.25, 0.3) is 0 Å². The van der Waals surface area contributed by atoms with Crippen LogP contribution >= 0.6 is 0 Å². The minimum atomic E-state index is 0.119. The van der Waals surface area contributed by atoms with E-state index in [0.29, 0.717) is 0 Å². The highest BCUT2D eigenvalue weighted by molar-refractivity contribution is 5.79. The Morgan fingerprint density at radius 3 is 2.38 bits per heavy atom. The van der Waals surface area contributed by atoms with E-state index in [1.54, 1.807) is 0 Å². The highest BCUT2D eigenvalue weighted by Gasteiger charge is 2.26. The molecular weight excluding hydrogens is 320 g/mol. The molecule has 1 heterocycles. The number of rotatable bonds is 6. The number of likely N-dealkylation sites (tertiary alicyclic amines) is 1. The maximum Gasteiger partial charge on any atom is 0.223 e. The van der Waals surface area contributed by atoms with Crippen molar-refractivity contribution in [1.82, 2.24) is 10.2 Å². The van der Waals surface area contributed by atoms with Gasteiger partial charge >= 0.3 is 0 Å². The van der Waals surface area contributed by atoms with E-state index < -0.39 is 0 Å². The van der Waals surface area contributed by atoms with Gasteiger partial charge in [-0.25, -0.2) is 0 Å². The van der Waals surface area contributed by atoms with Gasteiger partial charge in [-0.3, -0.25) is 9.69 Å². The quantitative estimate of drug-likeness (QED) is 0.833. The van der Waals surface area contributed by atoms with Crippen molar-refractivity contribution in [3.63, 3.8) is 0 Å². The van der Waals surface area contributed by atoms with E-state index in [2.05, 4.69) is 60.5 Å². The van der Waals surface area contributed by atoms with E-state index in [4.69, 9.17) is 0 Å². The Bertz CT molecular complexity index is 705. The van der Waals surface area contributed by atoms with Crippen molar-refractivity contribution >= 4 is 5.91 Å². The highest BCUT2D eigenvalue weighted by atomic mass is 16.1. The number of carbonyl (C=O) groups is 1. The van der Waals surface area contributed by atoms with Gasteiger partial charge in [-0.1, -0.05) is 61.5 Å². The maximum atomic E-state index is 12.7. The number of hydrogen-bond acceptors (Lipinski definition) is 2. The lowest BCUT2D eigenvalue weighted by Crippen LogP contribution is -2.41. The number of carbonyl (C=O) groups excluding carboxylic acids is 1. The molecule has 0 radical (unpaired) electrons. The SMILES string of the molecule is CCC(NC(=O)C1CCN(Cc2ccccc2C)CC1)c1ccccc1. The normalized spacial score (nSPS) is 17.0. The van der Waals surface area contributed by atoms with Crippen LogP contribution < -0.4 is 5.32 Å². The monoisotopic (exact) mass is 350 g/mol. The van der Waals surface area contributed by atoms with Crippen molar-refractivity contribution in [2.45, 2.75) is 45.7 Å². The molecule has 3 nitrogen and oxygen atoms in total. The smallest absolute Gasteiger partial charge is 0.223 e. The first-order chi connectivity index (χ1) is 12.7. The third kappa shape index (κ3) is 4.73. The van der Waals surface area contributed by atoms with Crippen LogP contribution in [0.3, 0.4) is 0 Å². The fourth-order valence-corrected chi connectivity index (χ4v) is 3.78. The standard InChI is InChI=1S/C23H30N2O/c1-3-22(19-10-5-4-6-11-19)24-23(26)20-13-15-25(16-14-20)17-21-12-8-7-9-18(21)2/h4-12,20,22H,3,13-17H2,1-2H3,(H,24,26). The number of amides is 1. The fraction of sp³-hybridized carbons (Fsp3) is 0.435. The van der Waals surface area contributed by atoms with Gasteiger partial charge in [0.15, 0.2) is 0 Å². The fourth-order valence-electron chi connectivity index (χ4n) is 3.78. The third-order valence-corrected chi connectivity index (χ3v) is 5.54. The lowest BCUT2D eigenvalue weighted by atomic mass is 9.94. The topological polar surface area (TPSA) is 32.3 Å². The van der Waals surface area contributed by atoms with Gasteiger partial charge in [0.25, 0.3) is 0 Å². The van der Waals surface area contributed by atoms with Gasteiger partial charge < -0.3 is 5.32 Å². The number of aryl methyl sites for hydroxylation is 1. The summed E-state index contributed by atoms with van der Waals surface area (Å²) in [4.78, 5) is 15.2. The molecule has 0 saturated carbocycles. The molecule has 1 atom stereocenters. The molecule has 138 valence electrons. The minimum Gasteiger partial charge on any atom is -0.349 e. The van der Waals surface area contributed by atoms with Crippen LogP contribution in [0.4, 0.5) is 0 Å². The molecule has 0 aromatic heterocycles.